The van der Waals surface area contributed by atoms with Crippen molar-refractivity contribution in [1.29, 1.82) is 0 Å². The van der Waals surface area contributed by atoms with E-state index in [1.54, 1.807) is 0 Å². The Morgan fingerprint density at radius 1 is 0.769 bits per heavy atom. The van der Waals surface area contributed by atoms with Gasteiger partial charge in [-0.3, -0.25) is 0 Å². The van der Waals surface area contributed by atoms with Crippen LogP contribution in [0.25, 0.3) is 0 Å². The molecular weight excluding hydrogens is 399 g/mol. The zero-order valence-corrected chi connectivity index (χ0v) is 20.9. The normalized spacial score (nSPS) is 14.6. The van der Waals surface area contributed by atoms with E-state index in [2.05, 4.69) is 68.4 Å². The van der Waals surface area contributed by atoms with Gasteiger partial charge in [-0.15, -0.1) is 0 Å². The second-order valence-electron chi connectivity index (χ2n) is 7.92. The number of halogens is 2. The SMILES string of the molecule is C[C]1C(C)=C(C)C(C)=C1C.Cc1cc(C)c(O)c(C(C)(C)C)c1.[Cl][Ti][Cl]. The van der Waals surface area contributed by atoms with Crippen molar-refractivity contribution in [3.05, 3.63) is 57.0 Å². The second kappa shape index (κ2) is 11.0. The summed E-state index contributed by atoms with van der Waals surface area (Å²) < 4.78 is 0. The average Bonchev–Trinajstić information content (AvgIpc) is 2.69. The topological polar surface area (TPSA) is 20.2 Å². The number of hydrogen-bond acceptors (Lipinski definition) is 1. The predicted octanol–water partition coefficient (Wildman–Crippen LogP) is 7.95. The van der Waals surface area contributed by atoms with Crippen molar-refractivity contribution in [1.82, 2.24) is 0 Å². The molecule has 1 aromatic rings. The van der Waals surface area contributed by atoms with E-state index in [-0.39, 0.29) is 5.41 Å². The Morgan fingerprint density at radius 2 is 1.15 bits per heavy atom. The van der Waals surface area contributed by atoms with Crippen molar-refractivity contribution in [2.45, 2.75) is 74.7 Å². The van der Waals surface area contributed by atoms with Crippen LogP contribution in [0, 0.1) is 19.8 Å². The molecule has 0 bridgehead atoms. The first-order valence-corrected chi connectivity index (χ1v) is 13.1. The maximum absolute atomic E-state index is 9.86. The van der Waals surface area contributed by atoms with Crippen LogP contribution in [0.3, 0.4) is 0 Å². The molecule has 0 atom stereocenters. The van der Waals surface area contributed by atoms with Crippen LogP contribution in [0.4, 0.5) is 0 Å². The van der Waals surface area contributed by atoms with E-state index >= 15 is 0 Å². The van der Waals surface area contributed by atoms with Crippen molar-refractivity contribution in [2.75, 3.05) is 0 Å². The number of aromatic hydroxyl groups is 1. The molecule has 4 heteroatoms. The van der Waals surface area contributed by atoms with Gasteiger partial charge in [-0.2, -0.15) is 0 Å². The molecule has 0 aliphatic heterocycles. The van der Waals surface area contributed by atoms with Crippen molar-refractivity contribution < 1.29 is 22.1 Å². The Morgan fingerprint density at radius 3 is 1.42 bits per heavy atom. The van der Waals surface area contributed by atoms with Crippen LogP contribution >= 0.6 is 18.6 Å². The minimum atomic E-state index is -0.556. The van der Waals surface area contributed by atoms with Crippen LogP contribution in [0.2, 0.25) is 0 Å². The molecule has 26 heavy (non-hydrogen) atoms. The molecule has 1 aromatic carbocycles. The molecule has 1 N–H and O–H groups in total. The number of hydrogen-bond donors (Lipinski definition) is 1. The van der Waals surface area contributed by atoms with E-state index < -0.39 is 17.0 Å². The van der Waals surface area contributed by atoms with E-state index in [9.17, 15) is 5.11 Å². The molecule has 0 unspecified atom stereocenters. The number of rotatable bonds is 0. The van der Waals surface area contributed by atoms with Crippen LogP contribution in [-0.4, -0.2) is 5.11 Å². The molecule has 0 saturated heterocycles. The number of phenolic OH excluding ortho intramolecular Hbond substituents is 1. The minimum absolute atomic E-state index is 0.0147. The van der Waals surface area contributed by atoms with Gasteiger partial charge in [-0.1, -0.05) is 56.5 Å². The van der Waals surface area contributed by atoms with Crippen LogP contribution in [-0.2, 0) is 22.4 Å². The monoisotopic (exact) mass is 431 g/mol. The molecular formula is C22H33Cl2OTi. The maximum atomic E-state index is 9.86. The van der Waals surface area contributed by atoms with Gasteiger partial charge in [0.15, 0.2) is 0 Å². The summed E-state index contributed by atoms with van der Waals surface area (Å²) in [6, 6.07) is 4.06. The van der Waals surface area contributed by atoms with Crippen molar-refractivity contribution in [3.63, 3.8) is 0 Å². The number of phenols is 1. The van der Waals surface area contributed by atoms with Crippen molar-refractivity contribution >= 4 is 18.6 Å². The molecule has 0 amide bonds. The Labute approximate surface area is 177 Å². The first kappa shape index (κ1) is 25.8. The number of benzene rings is 1. The quantitative estimate of drug-likeness (QED) is 0.413. The Hall–Kier alpha value is -0.206. The zero-order valence-electron chi connectivity index (χ0n) is 17.9. The fourth-order valence-corrected chi connectivity index (χ4v) is 2.94. The van der Waals surface area contributed by atoms with Gasteiger partial charge in [-0.25, -0.2) is 0 Å². The summed E-state index contributed by atoms with van der Waals surface area (Å²) in [6.07, 6.45) is 0. The van der Waals surface area contributed by atoms with Crippen molar-refractivity contribution in [3.8, 4) is 5.75 Å². The standard InChI is InChI=1S/C12H18O.C10H15.2ClH.Ti/c1-8-6-9(2)11(13)10(7-8)12(3,4)5;1-6-7(2)9(4)10(5)8(6)3;;;/h6-7,13H,1-5H3;1-5H3;2*1H;/q;;;;+2/p-2. The molecule has 0 saturated carbocycles. The Balaban J connectivity index is 0.000000428. The Bertz CT molecular complexity index is 658. The van der Waals surface area contributed by atoms with E-state index in [0.29, 0.717) is 5.75 Å². The molecule has 1 aliphatic carbocycles. The summed E-state index contributed by atoms with van der Waals surface area (Å²) in [7, 11) is 9.78. The molecule has 0 heterocycles. The molecule has 1 aliphatic rings. The van der Waals surface area contributed by atoms with Gasteiger partial charge in [0.1, 0.15) is 5.75 Å². The molecule has 1 nitrogen and oxygen atoms in total. The summed E-state index contributed by atoms with van der Waals surface area (Å²) in [5.41, 5.74) is 9.09. The molecule has 145 valence electrons. The summed E-state index contributed by atoms with van der Waals surface area (Å²) >= 11 is -0.556. The molecule has 0 spiro atoms. The van der Waals surface area contributed by atoms with E-state index in [1.807, 2.05) is 13.0 Å². The van der Waals surface area contributed by atoms with Gasteiger partial charge < -0.3 is 5.11 Å². The van der Waals surface area contributed by atoms with Crippen LogP contribution < -0.4 is 0 Å². The third-order valence-corrected chi connectivity index (χ3v) is 5.07. The second-order valence-corrected chi connectivity index (χ2v) is 10.5. The fraction of sp³-hybridized carbons (Fsp3) is 0.500. The third kappa shape index (κ3) is 7.08. The Kier molecular flexibility index (Phi) is 10.9. The number of allylic oxidation sites excluding steroid dienone is 4. The molecule has 0 aromatic heterocycles. The van der Waals surface area contributed by atoms with Gasteiger partial charge in [0.25, 0.3) is 0 Å². The number of aryl methyl sites for hydroxylation is 2. The van der Waals surface area contributed by atoms with E-state index in [1.165, 1.54) is 33.8 Å². The van der Waals surface area contributed by atoms with Gasteiger partial charge in [0.05, 0.1) is 0 Å². The van der Waals surface area contributed by atoms with Crippen LogP contribution in [0.1, 0.15) is 72.1 Å². The van der Waals surface area contributed by atoms with E-state index in [4.69, 9.17) is 18.6 Å². The first-order chi connectivity index (χ1) is 11.8. The zero-order chi connectivity index (χ0) is 20.8. The summed E-state index contributed by atoms with van der Waals surface area (Å²) in [5.74, 6) is 1.91. The summed E-state index contributed by atoms with van der Waals surface area (Å²) in [4.78, 5) is 0. The predicted molar refractivity (Wildman–Crippen MR) is 114 cm³/mol. The van der Waals surface area contributed by atoms with Crippen LogP contribution in [0.5, 0.6) is 5.75 Å². The van der Waals surface area contributed by atoms with Crippen molar-refractivity contribution in [2.24, 2.45) is 0 Å². The fourth-order valence-electron chi connectivity index (χ4n) is 2.94. The van der Waals surface area contributed by atoms with E-state index in [0.717, 1.165) is 11.1 Å². The van der Waals surface area contributed by atoms with Gasteiger partial charge in [0.2, 0.25) is 0 Å². The average molecular weight is 432 g/mol. The van der Waals surface area contributed by atoms with Gasteiger partial charge in [0, 0.05) is 5.92 Å². The van der Waals surface area contributed by atoms with Gasteiger partial charge >= 0.3 is 35.6 Å². The van der Waals surface area contributed by atoms with Crippen LogP contribution in [0.15, 0.2) is 34.4 Å². The molecule has 1 radical (unpaired) electrons. The summed E-state index contributed by atoms with van der Waals surface area (Å²) in [5, 5.41) is 9.86. The molecule has 2 rings (SSSR count). The summed E-state index contributed by atoms with van der Waals surface area (Å²) in [6.45, 7) is 21.3. The molecule has 0 fully saturated rings. The third-order valence-electron chi connectivity index (χ3n) is 5.07. The first-order valence-electron chi connectivity index (χ1n) is 8.76. The van der Waals surface area contributed by atoms with Gasteiger partial charge in [-0.05, 0) is 69.2 Å².